The molecule has 106 valence electrons. The van der Waals surface area contributed by atoms with Crippen molar-refractivity contribution in [2.24, 2.45) is 9.98 Å². The summed E-state index contributed by atoms with van der Waals surface area (Å²) >= 11 is 0. The van der Waals surface area contributed by atoms with Crippen molar-refractivity contribution in [3.63, 3.8) is 0 Å². The van der Waals surface area contributed by atoms with E-state index in [-0.39, 0.29) is 0 Å². The summed E-state index contributed by atoms with van der Waals surface area (Å²) in [6.07, 6.45) is 4.15. The van der Waals surface area contributed by atoms with E-state index in [4.69, 9.17) is 9.47 Å². The second-order valence-electron chi connectivity index (χ2n) is 4.51. The van der Waals surface area contributed by atoms with Crippen molar-refractivity contribution in [1.29, 1.82) is 0 Å². The van der Waals surface area contributed by atoms with Gasteiger partial charge < -0.3 is 9.47 Å². The summed E-state index contributed by atoms with van der Waals surface area (Å²) in [7, 11) is 1.62. The van der Waals surface area contributed by atoms with Gasteiger partial charge in [0.1, 0.15) is 0 Å². The Bertz CT molecular complexity index is 550. The lowest BCUT2D eigenvalue weighted by Crippen LogP contribution is -2.04. The molecule has 0 bridgehead atoms. The summed E-state index contributed by atoms with van der Waals surface area (Å²) in [5, 5.41) is 0. The summed E-state index contributed by atoms with van der Waals surface area (Å²) in [4.78, 5) is 18.4. The lowest BCUT2D eigenvalue weighted by atomic mass is 10.1. The zero-order chi connectivity index (χ0) is 14.4. The first-order valence-electron chi connectivity index (χ1n) is 6.68. The molecule has 1 aromatic rings. The number of methoxy groups -OCH3 is 1. The lowest BCUT2D eigenvalue weighted by molar-refractivity contribution is 0.257. The smallest absolute Gasteiger partial charge is 0.367 e. The number of hydrogen-bond acceptors (Lipinski definition) is 3. The van der Waals surface area contributed by atoms with Gasteiger partial charge in [-0.25, -0.2) is 4.79 Å². The Kier molecular flexibility index (Phi) is 4.87. The Balaban J connectivity index is 2.10. The van der Waals surface area contributed by atoms with E-state index in [0.29, 0.717) is 24.5 Å². The third kappa shape index (κ3) is 3.66. The summed E-state index contributed by atoms with van der Waals surface area (Å²) in [5.74, 6) is 1.43. The Morgan fingerprint density at radius 3 is 2.75 bits per heavy atom. The molecule has 0 saturated carbocycles. The molecule has 20 heavy (non-hydrogen) atoms. The summed E-state index contributed by atoms with van der Waals surface area (Å²) < 4.78 is 11.0. The highest BCUT2D eigenvalue weighted by atomic mass is 16.5. The summed E-state index contributed by atoms with van der Waals surface area (Å²) in [6.45, 7) is 2.78. The molecule has 1 aliphatic heterocycles. The van der Waals surface area contributed by atoms with E-state index < -0.39 is 6.03 Å². The number of urea groups is 1. The first kappa shape index (κ1) is 14.2. The molecule has 2 amide bonds. The van der Waals surface area contributed by atoms with E-state index in [1.165, 1.54) is 6.21 Å². The van der Waals surface area contributed by atoms with Crippen LogP contribution in [0.1, 0.15) is 25.3 Å². The molecule has 0 N–H and O–H groups in total. The molecule has 2 rings (SSSR count). The van der Waals surface area contributed by atoms with Gasteiger partial charge >= 0.3 is 6.03 Å². The first-order valence-corrected chi connectivity index (χ1v) is 6.68. The molecule has 1 aliphatic rings. The topological polar surface area (TPSA) is 60.2 Å². The Hall–Kier alpha value is -2.17. The fraction of sp³-hybridized carbons (Fsp3) is 0.400. The zero-order valence-electron chi connectivity index (χ0n) is 11.8. The Labute approximate surface area is 118 Å². The molecule has 1 heterocycles. The quantitative estimate of drug-likeness (QED) is 0.718. The number of amides is 2. The highest BCUT2D eigenvalue weighted by Crippen LogP contribution is 2.28. The van der Waals surface area contributed by atoms with Gasteiger partial charge in [0.25, 0.3) is 0 Å². The fourth-order valence-electron chi connectivity index (χ4n) is 1.87. The SMILES string of the molecule is CCCCOc1cc(CC2=NC(=O)N=C2)ccc1OC. The van der Waals surface area contributed by atoms with Gasteiger partial charge in [-0.1, -0.05) is 19.4 Å². The van der Waals surface area contributed by atoms with Gasteiger partial charge in [-0.3, -0.25) is 0 Å². The van der Waals surface area contributed by atoms with Gasteiger partial charge in [0.05, 0.1) is 25.6 Å². The van der Waals surface area contributed by atoms with Crippen molar-refractivity contribution in [2.75, 3.05) is 13.7 Å². The van der Waals surface area contributed by atoms with Crippen LogP contribution in [0, 0.1) is 0 Å². The van der Waals surface area contributed by atoms with Gasteiger partial charge in [0.15, 0.2) is 11.5 Å². The van der Waals surface area contributed by atoms with E-state index in [2.05, 4.69) is 16.9 Å². The highest BCUT2D eigenvalue weighted by Gasteiger charge is 2.11. The van der Waals surface area contributed by atoms with Crippen LogP contribution in [0.4, 0.5) is 4.79 Å². The van der Waals surface area contributed by atoms with Crippen molar-refractivity contribution < 1.29 is 14.3 Å². The second-order valence-corrected chi connectivity index (χ2v) is 4.51. The number of hydrogen-bond donors (Lipinski definition) is 0. The average molecular weight is 274 g/mol. The van der Waals surface area contributed by atoms with Crippen LogP contribution >= 0.6 is 0 Å². The molecule has 0 fully saturated rings. The van der Waals surface area contributed by atoms with Crippen molar-refractivity contribution in [3.05, 3.63) is 23.8 Å². The normalized spacial score (nSPS) is 13.5. The largest absolute Gasteiger partial charge is 0.493 e. The number of unbranched alkanes of at least 4 members (excludes halogenated alkanes) is 1. The number of rotatable bonds is 7. The number of benzene rings is 1. The van der Waals surface area contributed by atoms with Crippen LogP contribution < -0.4 is 9.47 Å². The zero-order valence-corrected chi connectivity index (χ0v) is 11.8. The van der Waals surface area contributed by atoms with Crippen LogP contribution in [-0.4, -0.2) is 31.7 Å². The van der Waals surface area contributed by atoms with E-state index in [1.807, 2.05) is 18.2 Å². The third-order valence-electron chi connectivity index (χ3n) is 2.93. The van der Waals surface area contributed by atoms with Crippen molar-refractivity contribution in [1.82, 2.24) is 0 Å². The van der Waals surface area contributed by atoms with Crippen LogP contribution in [-0.2, 0) is 6.42 Å². The molecule has 0 aliphatic carbocycles. The number of carbonyl (C=O) groups excluding carboxylic acids is 1. The van der Waals surface area contributed by atoms with Crippen molar-refractivity contribution in [2.45, 2.75) is 26.2 Å². The molecule has 5 nitrogen and oxygen atoms in total. The standard InChI is InChI=1S/C15H18N2O3/c1-3-4-7-20-14-9-11(5-6-13(14)19-2)8-12-10-16-15(18)17-12/h5-6,9-10H,3-4,7-8H2,1-2H3. The number of carbonyl (C=O) groups is 1. The Morgan fingerprint density at radius 2 is 2.10 bits per heavy atom. The maximum absolute atomic E-state index is 11.0. The molecule has 1 aromatic carbocycles. The van der Waals surface area contributed by atoms with Crippen LogP contribution in [0.2, 0.25) is 0 Å². The van der Waals surface area contributed by atoms with Gasteiger partial charge in [-0.05, 0) is 24.1 Å². The highest BCUT2D eigenvalue weighted by molar-refractivity contribution is 6.37. The maximum atomic E-state index is 11.0. The average Bonchev–Trinajstić information content (AvgIpc) is 2.85. The minimum atomic E-state index is -0.437. The summed E-state index contributed by atoms with van der Waals surface area (Å²) in [6, 6.07) is 5.29. The molecule has 0 radical (unpaired) electrons. The predicted molar refractivity (Wildman–Crippen MR) is 78.4 cm³/mol. The molecule has 0 saturated heterocycles. The third-order valence-corrected chi connectivity index (χ3v) is 2.93. The lowest BCUT2D eigenvalue weighted by Gasteiger charge is -2.11. The predicted octanol–water partition coefficient (Wildman–Crippen LogP) is 3.06. The van der Waals surface area contributed by atoms with E-state index in [0.717, 1.165) is 24.2 Å². The molecule has 0 unspecified atom stereocenters. The monoisotopic (exact) mass is 274 g/mol. The van der Waals surface area contributed by atoms with Crippen LogP contribution in [0.3, 0.4) is 0 Å². The van der Waals surface area contributed by atoms with Crippen LogP contribution in [0.5, 0.6) is 11.5 Å². The number of nitrogens with zero attached hydrogens (tertiary/aromatic N) is 2. The maximum Gasteiger partial charge on any atom is 0.367 e. The molecular formula is C15H18N2O3. The van der Waals surface area contributed by atoms with Crippen LogP contribution in [0.25, 0.3) is 0 Å². The Morgan fingerprint density at radius 1 is 1.25 bits per heavy atom. The number of aliphatic imine (C=N–C) groups is 2. The fourth-order valence-corrected chi connectivity index (χ4v) is 1.87. The summed E-state index contributed by atoms with van der Waals surface area (Å²) in [5.41, 5.74) is 1.68. The van der Waals surface area contributed by atoms with Gasteiger partial charge in [0, 0.05) is 6.42 Å². The van der Waals surface area contributed by atoms with Crippen molar-refractivity contribution >= 4 is 18.0 Å². The molecule has 0 atom stereocenters. The minimum absolute atomic E-state index is 0.437. The van der Waals surface area contributed by atoms with Gasteiger partial charge in [-0.15, -0.1) is 0 Å². The molecule has 0 aromatic heterocycles. The van der Waals surface area contributed by atoms with E-state index >= 15 is 0 Å². The second kappa shape index (κ2) is 6.84. The van der Waals surface area contributed by atoms with Gasteiger partial charge in [-0.2, -0.15) is 9.98 Å². The first-order chi connectivity index (χ1) is 9.72. The van der Waals surface area contributed by atoms with Crippen molar-refractivity contribution in [3.8, 4) is 11.5 Å². The van der Waals surface area contributed by atoms with E-state index in [9.17, 15) is 4.79 Å². The molecular weight excluding hydrogens is 256 g/mol. The minimum Gasteiger partial charge on any atom is -0.493 e. The molecule has 5 heteroatoms. The molecule has 0 spiro atoms. The van der Waals surface area contributed by atoms with E-state index in [1.54, 1.807) is 7.11 Å². The van der Waals surface area contributed by atoms with Gasteiger partial charge in [0.2, 0.25) is 0 Å². The number of ether oxygens (including phenoxy) is 2. The van der Waals surface area contributed by atoms with Crippen LogP contribution in [0.15, 0.2) is 28.2 Å².